The standard InChI is InChI=1S/C15H12ClN3/c16-12-7-4-8-13(9-12)19-15(17)10-14(18-19)11-5-2-1-3-6-11/h1-10H,17H2. The third-order valence-electron chi connectivity index (χ3n) is 2.86. The van der Waals surface area contributed by atoms with Gasteiger partial charge in [-0.15, -0.1) is 0 Å². The highest BCUT2D eigenvalue weighted by Crippen LogP contribution is 2.23. The first-order chi connectivity index (χ1) is 9.24. The number of nitrogens with zero attached hydrogens (tertiary/aromatic N) is 2. The fourth-order valence-electron chi connectivity index (χ4n) is 1.96. The Morgan fingerprint density at radius 3 is 2.47 bits per heavy atom. The molecule has 3 aromatic rings. The van der Waals surface area contributed by atoms with Crippen LogP contribution in [0.4, 0.5) is 5.82 Å². The molecule has 19 heavy (non-hydrogen) atoms. The van der Waals surface area contributed by atoms with Gasteiger partial charge in [-0.3, -0.25) is 0 Å². The van der Waals surface area contributed by atoms with Crippen molar-refractivity contribution in [2.75, 3.05) is 5.73 Å². The predicted octanol–water partition coefficient (Wildman–Crippen LogP) is 3.77. The van der Waals surface area contributed by atoms with Gasteiger partial charge in [-0.25, -0.2) is 4.68 Å². The normalized spacial score (nSPS) is 10.6. The van der Waals surface area contributed by atoms with Gasteiger partial charge < -0.3 is 5.73 Å². The average Bonchev–Trinajstić information content (AvgIpc) is 2.82. The van der Waals surface area contributed by atoms with Gasteiger partial charge in [0, 0.05) is 16.7 Å². The molecule has 0 spiro atoms. The Balaban J connectivity index is 2.08. The van der Waals surface area contributed by atoms with Crippen LogP contribution >= 0.6 is 11.6 Å². The summed E-state index contributed by atoms with van der Waals surface area (Å²) in [6, 6.07) is 19.2. The molecule has 0 saturated carbocycles. The fraction of sp³-hybridized carbons (Fsp3) is 0. The second kappa shape index (κ2) is 4.78. The molecule has 1 heterocycles. The quantitative estimate of drug-likeness (QED) is 0.769. The Morgan fingerprint density at radius 1 is 0.947 bits per heavy atom. The number of rotatable bonds is 2. The van der Waals surface area contributed by atoms with E-state index in [0.717, 1.165) is 16.9 Å². The number of halogens is 1. The molecule has 0 saturated heterocycles. The van der Waals surface area contributed by atoms with Crippen molar-refractivity contribution < 1.29 is 0 Å². The lowest BCUT2D eigenvalue weighted by Crippen LogP contribution is -2.01. The SMILES string of the molecule is Nc1cc(-c2ccccc2)nn1-c1cccc(Cl)c1. The Labute approximate surface area is 116 Å². The third kappa shape index (κ3) is 2.33. The van der Waals surface area contributed by atoms with E-state index in [0.29, 0.717) is 10.8 Å². The van der Waals surface area contributed by atoms with Crippen molar-refractivity contribution in [1.29, 1.82) is 0 Å². The minimum absolute atomic E-state index is 0.584. The molecule has 0 aliphatic carbocycles. The molecule has 2 aromatic carbocycles. The van der Waals surface area contributed by atoms with Gasteiger partial charge in [-0.1, -0.05) is 48.0 Å². The maximum atomic E-state index is 6.02. The van der Waals surface area contributed by atoms with Gasteiger partial charge in [0.05, 0.1) is 11.4 Å². The summed E-state index contributed by atoms with van der Waals surface area (Å²) in [4.78, 5) is 0. The maximum Gasteiger partial charge on any atom is 0.127 e. The van der Waals surface area contributed by atoms with Crippen molar-refractivity contribution in [2.24, 2.45) is 0 Å². The Bertz CT molecular complexity index is 704. The Hall–Kier alpha value is -2.26. The van der Waals surface area contributed by atoms with Crippen molar-refractivity contribution in [3.63, 3.8) is 0 Å². The summed E-state index contributed by atoms with van der Waals surface area (Å²) in [6.07, 6.45) is 0. The van der Waals surface area contributed by atoms with Crippen molar-refractivity contribution in [3.05, 3.63) is 65.7 Å². The summed E-state index contributed by atoms with van der Waals surface area (Å²) in [5.41, 5.74) is 8.75. The van der Waals surface area contributed by atoms with Gasteiger partial charge in [0.25, 0.3) is 0 Å². The molecule has 0 atom stereocenters. The number of anilines is 1. The smallest absolute Gasteiger partial charge is 0.127 e. The largest absolute Gasteiger partial charge is 0.384 e. The summed E-state index contributed by atoms with van der Waals surface area (Å²) in [7, 11) is 0. The predicted molar refractivity (Wildman–Crippen MR) is 78.4 cm³/mol. The molecule has 1 aromatic heterocycles. The lowest BCUT2D eigenvalue weighted by Gasteiger charge is -2.03. The molecule has 4 heteroatoms. The number of hydrogen-bond donors (Lipinski definition) is 1. The van der Waals surface area contributed by atoms with Crippen LogP contribution in [0.25, 0.3) is 16.9 Å². The number of hydrogen-bond acceptors (Lipinski definition) is 2. The van der Waals surface area contributed by atoms with Crippen LogP contribution in [0, 0.1) is 0 Å². The lowest BCUT2D eigenvalue weighted by molar-refractivity contribution is 0.895. The van der Waals surface area contributed by atoms with Gasteiger partial charge in [0.1, 0.15) is 5.82 Å². The zero-order valence-corrected chi connectivity index (χ0v) is 10.9. The molecule has 3 nitrogen and oxygen atoms in total. The van der Waals surface area contributed by atoms with Crippen LogP contribution in [0.15, 0.2) is 60.7 Å². The van der Waals surface area contributed by atoms with E-state index in [1.165, 1.54) is 0 Å². The number of nitrogens with two attached hydrogens (primary N) is 1. The van der Waals surface area contributed by atoms with Crippen LogP contribution in [-0.4, -0.2) is 9.78 Å². The monoisotopic (exact) mass is 269 g/mol. The van der Waals surface area contributed by atoms with Crippen LogP contribution in [-0.2, 0) is 0 Å². The zero-order valence-electron chi connectivity index (χ0n) is 10.1. The van der Waals surface area contributed by atoms with E-state index in [1.807, 2.05) is 60.7 Å². The molecule has 0 amide bonds. The average molecular weight is 270 g/mol. The van der Waals surface area contributed by atoms with Crippen molar-refractivity contribution in [1.82, 2.24) is 9.78 Å². The van der Waals surface area contributed by atoms with E-state index in [4.69, 9.17) is 17.3 Å². The molecule has 0 unspecified atom stereocenters. The molecule has 0 radical (unpaired) electrons. The molecule has 0 aliphatic rings. The maximum absolute atomic E-state index is 6.02. The second-order valence-corrected chi connectivity index (χ2v) is 4.65. The minimum Gasteiger partial charge on any atom is -0.384 e. The summed E-state index contributed by atoms with van der Waals surface area (Å²) in [6.45, 7) is 0. The molecule has 3 rings (SSSR count). The van der Waals surface area contributed by atoms with Crippen LogP contribution in [0.2, 0.25) is 5.02 Å². The van der Waals surface area contributed by atoms with Crippen LogP contribution in [0.1, 0.15) is 0 Å². The first kappa shape index (κ1) is 11.8. The highest BCUT2D eigenvalue weighted by atomic mass is 35.5. The molecule has 0 bridgehead atoms. The Morgan fingerprint density at radius 2 is 1.74 bits per heavy atom. The summed E-state index contributed by atoms with van der Waals surface area (Å²) in [5.74, 6) is 0.584. The van der Waals surface area contributed by atoms with Gasteiger partial charge in [0.2, 0.25) is 0 Å². The van der Waals surface area contributed by atoms with Crippen LogP contribution in [0.5, 0.6) is 0 Å². The Kier molecular flexibility index (Phi) is 2.97. The van der Waals surface area contributed by atoms with Gasteiger partial charge in [0.15, 0.2) is 0 Å². The third-order valence-corrected chi connectivity index (χ3v) is 3.09. The lowest BCUT2D eigenvalue weighted by atomic mass is 10.2. The molecule has 2 N–H and O–H groups in total. The molecular weight excluding hydrogens is 258 g/mol. The highest BCUT2D eigenvalue weighted by Gasteiger charge is 2.08. The molecule has 0 aliphatic heterocycles. The minimum atomic E-state index is 0.584. The second-order valence-electron chi connectivity index (χ2n) is 4.21. The summed E-state index contributed by atoms with van der Waals surface area (Å²) < 4.78 is 1.69. The first-order valence-corrected chi connectivity index (χ1v) is 6.29. The van der Waals surface area contributed by atoms with Gasteiger partial charge in [-0.2, -0.15) is 5.10 Å². The van der Waals surface area contributed by atoms with E-state index >= 15 is 0 Å². The van der Waals surface area contributed by atoms with Gasteiger partial charge >= 0.3 is 0 Å². The van der Waals surface area contributed by atoms with Crippen molar-refractivity contribution in [2.45, 2.75) is 0 Å². The highest BCUT2D eigenvalue weighted by molar-refractivity contribution is 6.30. The molecule has 94 valence electrons. The van der Waals surface area contributed by atoms with Gasteiger partial charge in [-0.05, 0) is 18.2 Å². The number of aromatic nitrogens is 2. The molecule has 0 fully saturated rings. The topological polar surface area (TPSA) is 43.8 Å². The van der Waals surface area contributed by atoms with Crippen LogP contribution in [0.3, 0.4) is 0 Å². The fourth-order valence-corrected chi connectivity index (χ4v) is 2.14. The first-order valence-electron chi connectivity index (χ1n) is 5.91. The van der Waals surface area contributed by atoms with E-state index in [2.05, 4.69) is 5.10 Å². The van der Waals surface area contributed by atoms with E-state index in [-0.39, 0.29) is 0 Å². The van der Waals surface area contributed by atoms with Crippen molar-refractivity contribution in [3.8, 4) is 16.9 Å². The number of benzene rings is 2. The number of nitrogen functional groups attached to an aromatic ring is 1. The van der Waals surface area contributed by atoms with Crippen molar-refractivity contribution >= 4 is 17.4 Å². The van der Waals surface area contributed by atoms with E-state index < -0.39 is 0 Å². The molecular formula is C15H12ClN3. The summed E-state index contributed by atoms with van der Waals surface area (Å²) in [5, 5.41) is 5.19. The summed E-state index contributed by atoms with van der Waals surface area (Å²) >= 11 is 5.99. The van der Waals surface area contributed by atoms with E-state index in [1.54, 1.807) is 4.68 Å². The van der Waals surface area contributed by atoms with E-state index in [9.17, 15) is 0 Å². The van der Waals surface area contributed by atoms with Crippen LogP contribution < -0.4 is 5.73 Å². The zero-order chi connectivity index (χ0) is 13.2.